The molecule has 0 saturated heterocycles. The summed E-state index contributed by atoms with van der Waals surface area (Å²) in [5.41, 5.74) is 0. The Kier molecular flexibility index (Phi) is 23.4. The van der Waals surface area contributed by atoms with Crippen molar-refractivity contribution in [3.8, 4) is 71.5 Å². The Morgan fingerprint density at radius 3 is 1.70 bits per heavy atom. The largest absolute Gasteiger partial charge is 0.469 e. The van der Waals surface area contributed by atoms with Gasteiger partial charge in [0.05, 0.1) is 6.61 Å². The van der Waals surface area contributed by atoms with Gasteiger partial charge < -0.3 is 19.3 Å². The van der Waals surface area contributed by atoms with Gasteiger partial charge in [0.25, 0.3) is 0 Å². The van der Waals surface area contributed by atoms with Gasteiger partial charge in [-0.05, 0) is 65.6 Å². The molecule has 0 amide bonds. The first-order chi connectivity index (χ1) is 19.3. The third-order valence-corrected chi connectivity index (χ3v) is 5.58. The van der Waals surface area contributed by atoms with E-state index >= 15 is 0 Å². The highest BCUT2D eigenvalue weighted by Gasteiger charge is 2.22. The van der Waals surface area contributed by atoms with Gasteiger partial charge in [-0.1, -0.05) is 77.6 Å². The van der Waals surface area contributed by atoms with E-state index in [1.54, 1.807) is 0 Å². The van der Waals surface area contributed by atoms with Gasteiger partial charge in [0, 0.05) is 12.3 Å². The number of esters is 2. The average Bonchev–Trinajstić information content (AvgIpc) is 2.91. The normalized spacial score (nSPS) is 10.2. The lowest BCUT2D eigenvalue weighted by Gasteiger charge is -2.17. The Morgan fingerprint density at radius 2 is 1.20 bits per heavy atom. The fourth-order valence-electron chi connectivity index (χ4n) is 3.19. The molecule has 0 aromatic rings. The van der Waals surface area contributed by atoms with Crippen LogP contribution in [0.25, 0.3) is 0 Å². The summed E-state index contributed by atoms with van der Waals surface area (Å²) in [5, 5.41) is 0. The molecule has 0 spiro atoms. The first-order valence-electron chi connectivity index (χ1n) is 13.3. The zero-order valence-electron chi connectivity index (χ0n) is 23.1. The predicted octanol–water partition coefficient (Wildman–Crippen LogP) is 4.29. The van der Waals surface area contributed by atoms with Crippen molar-refractivity contribution in [2.45, 2.75) is 96.5 Å². The number of hydrogen-bond acceptors (Lipinski definition) is 6. The van der Waals surface area contributed by atoms with Crippen LogP contribution in [0.1, 0.15) is 90.4 Å². The van der Waals surface area contributed by atoms with Crippen LogP contribution >= 0.6 is 7.82 Å². The summed E-state index contributed by atoms with van der Waals surface area (Å²) in [6.07, 6.45) is 17.7. The van der Waals surface area contributed by atoms with Crippen LogP contribution < -0.4 is 0 Å². The molecule has 0 aliphatic carbocycles. The molecule has 9 heteroatoms. The van der Waals surface area contributed by atoms with E-state index in [4.69, 9.17) is 25.7 Å². The van der Waals surface area contributed by atoms with E-state index in [9.17, 15) is 14.2 Å². The molecule has 40 heavy (non-hydrogen) atoms. The van der Waals surface area contributed by atoms with Crippen molar-refractivity contribution in [2.75, 3.05) is 13.2 Å². The summed E-state index contributed by atoms with van der Waals surface area (Å²) in [6, 6.07) is 0. The minimum absolute atomic E-state index is 0.134. The fourth-order valence-corrected chi connectivity index (χ4v) is 3.55. The Balaban J connectivity index is 4.40. The molecule has 1 atom stereocenters. The van der Waals surface area contributed by atoms with E-state index in [0.29, 0.717) is 6.42 Å². The Labute approximate surface area is 238 Å². The van der Waals surface area contributed by atoms with Gasteiger partial charge in [-0.2, -0.15) is 0 Å². The maximum atomic E-state index is 12.2. The lowest BCUT2D eigenvalue weighted by molar-refractivity contribution is -0.158. The number of rotatable bonds is 19. The van der Waals surface area contributed by atoms with Crippen molar-refractivity contribution in [1.29, 1.82) is 0 Å². The first-order valence-corrected chi connectivity index (χ1v) is 14.8. The smallest absolute Gasteiger partial charge is 0.456 e. The number of terminal acetylenes is 1. The number of carbonyl (C=O) groups is 2. The van der Waals surface area contributed by atoms with Crippen molar-refractivity contribution in [1.82, 2.24) is 0 Å². The molecule has 214 valence electrons. The summed E-state index contributed by atoms with van der Waals surface area (Å²) in [5.74, 6) is 23.7. The molecule has 0 heterocycles. The molecule has 0 saturated carbocycles. The number of hydrogen-bond donors (Lipinski definition) is 2. The van der Waals surface area contributed by atoms with E-state index in [1.807, 2.05) is 0 Å². The summed E-state index contributed by atoms with van der Waals surface area (Å²) < 4.78 is 25.5. The fraction of sp³-hybridized carbons (Fsp3) is 0.548. The van der Waals surface area contributed by atoms with Gasteiger partial charge in [0.15, 0.2) is 6.10 Å². The van der Waals surface area contributed by atoms with Gasteiger partial charge in [0.2, 0.25) is 0 Å². The maximum Gasteiger partial charge on any atom is 0.469 e. The second-order valence-corrected chi connectivity index (χ2v) is 9.77. The van der Waals surface area contributed by atoms with Crippen LogP contribution in [0.3, 0.4) is 0 Å². The zero-order chi connectivity index (χ0) is 29.7. The summed E-state index contributed by atoms with van der Waals surface area (Å²) in [4.78, 5) is 41.8. The summed E-state index contributed by atoms with van der Waals surface area (Å²) >= 11 is 0. The number of phosphoric ester groups is 1. The van der Waals surface area contributed by atoms with Crippen molar-refractivity contribution < 1.29 is 37.9 Å². The van der Waals surface area contributed by atoms with E-state index in [2.05, 4.69) is 76.6 Å². The zero-order valence-corrected chi connectivity index (χ0v) is 23.9. The van der Waals surface area contributed by atoms with Crippen molar-refractivity contribution in [3.63, 3.8) is 0 Å². The monoisotopic (exact) mass is 568 g/mol. The second kappa shape index (κ2) is 25.7. The molecule has 0 radical (unpaired) electrons. The molecule has 0 aliphatic heterocycles. The average molecular weight is 569 g/mol. The topological polar surface area (TPSA) is 119 Å². The molecule has 2 N–H and O–H groups in total. The van der Waals surface area contributed by atoms with Crippen LogP contribution in [0, 0.1) is 71.5 Å². The number of carbonyl (C=O) groups excluding carboxylic acids is 2. The van der Waals surface area contributed by atoms with E-state index in [1.165, 1.54) is 51.4 Å². The minimum Gasteiger partial charge on any atom is -0.456 e. The first kappa shape index (κ1) is 36.4. The summed E-state index contributed by atoms with van der Waals surface area (Å²) in [6.45, 7) is 1.06. The molecule has 0 fully saturated rings. The third-order valence-electron chi connectivity index (χ3n) is 5.10. The maximum absolute atomic E-state index is 12.2. The van der Waals surface area contributed by atoms with Crippen molar-refractivity contribution in [3.05, 3.63) is 0 Å². The van der Waals surface area contributed by atoms with E-state index < -0.39 is 39.1 Å². The van der Waals surface area contributed by atoms with Gasteiger partial charge in [-0.25, -0.2) is 9.36 Å². The molecule has 0 aromatic carbocycles. The molecule has 8 nitrogen and oxygen atoms in total. The highest BCUT2D eigenvalue weighted by Crippen LogP contribution is 2.35. The van der Waals surface area contributed by atoms with Gasteiger partial charge in [0.1, 0.15) is 6.61 Å². The van der Waals surface area contributed by atoms with E-state index in [0.717, 1.165) is 19.3 Å². The van der Waals surface area contributed by atoms with Crippen LogP contribution in [0.5, 0.6) is 0 Å². The van der Waals surface area contributed by atoms with Crippen molar-refractivity contribution in [2.24, 2.45) is 0 Å². The van der Waals surface area contributed by atoms with Gasteiger partial charge >= 0.3 is 19.8 Å². The lowest BCUT2D eigenvalue weighted by atomic mass is 10.0. The quantitative estimate of drug-likeness (QED) is 0.0779. The van der Waals surface area contributed by atoms with Gasteiger partial charge in [-0.15, -0.1) is 6.42 Å². The minimum atomic E-state index is -4.82. The number of phosphoric acid groups is 1. The van der Waals surface area contributed by atoms with Crippen LogP contribution in [-0.2, 0) is 28.2 Å². The standard InChI is InChI=1S/C31H37O8P/c1-3-5-7-9-11-13-15-16-18-20-22-24-26-31(33)39-29(28-38-40(34,35)36)27-37-30(32)25-23-21-19-17-14-12-10-8-6-4-2/h2,29H,3,5,7,9,11,13,15-16,18,20,22,24,26-28H2,1H3,(H2,34,35,36)/t29-/m1/s1. The molecule has 0 aliphatic rings. The molecule has 0 unspecified atom stereocenters. The SMILES string of the molecule is C#CC#CC#CC#CC#CC#CC(=O)OC[C@H](COP(=O)(O)O)OC(=O)CCCCCCCCCCCCCC. The van der Waals surface area contributed by atoms with Crippen molar-refractivity contribution >= 4 is 19.8 Å². The number of unbranched alkanes of at least 4 members (excludes halogenated alkanes) is 11. The molecule has 0 bridgehead atoms. The van der Waals surface area contributed by atoms with Crippen LogP contribution in [0.4, 0.5) is 0 Å². The summed E-state index contributed by atoms with van der Waals surface area (Å²) in [7, 11) is -4.82. The Morgan fingerprint density at radius 1 is 0.725 bits per heavy atom. The molecule has 0 aromatic heterocycles. The van der Waals surface area contributed by atoms with E-state index in [-0.39, 0.29) is 6.42 Å². The highest BCUT2D eigenvalue weighted by atomic mass is 31.2. The predicted molar refractivity (Wildman–Crippen MR) is 152 cm³/mol. The van der Waals surface area contributed by atoms with Crippen LogP contribution in [0.2, 0.25) is 0 Å². The third kappa shape index (κ3) is 27.4. The molecular formula is C31H37O8P. The second-order valence-electron chi connectivity index (χ2n) is 8.53. The Bertz CT molecular complexity index is 1170. The van der Waals surface area contributed by atoms with Gasteiger partial charge in [-0.3, -0.25) is 9.32 Å². The van der Waals surface area contributed by atoms with Crippen LogP contribution in [-0.4, -0.2) is 41.0 Å². The van der Waals surface area contributed by atoms with Crippen LogP contribution in [0.15, 0.2) is 0 Å². The lowest BCUT2D eigenvalue weighted by Crippen LogP contribution is -2.29. The number of ether oxygens (including phenoxy) is 2. The highest BCUT2D eigenvalue weighted by molar-refractivity contribution is 7.46. The molecule has 0 rings (SSSR count). The Hall–Kier alpha value is -3.59. The molecular weight excluding hydrogens is 531 g/mol.